The second-order valence-electron chi connectivity index (χ2n) is 8.08. The topological polar surface area (TPSA) is 136 Å². The molecule has 0 saturated heterocycles. The number of imide groups is 1. The third-order valence-corrected chi connectivity index (χ3v) is 6.18. The Kier molecular flexibility index (Phi) is 6.60. The molecule has 0 spiro atoms. The summed E-state index contributed by atoms with van der Waals surface area (Å²) < 4.78 is 5.02. The lowest BCUT2D eigenvalue weighted by Crippen LogP contribution is -2.40. The van der Waals surface area contributed by atoms with Crippen molar-refractivity contribution in [2.75, 3.05) is 11.9 Å². The highest BCUT2D eigenvalue weighted by Crippen LogP contribution is 2.31. The number of anilines is 1. The van der Waals surface area contributed by atoms with Crippen molar-refractivity contribution in [3.63, 3.8) is 0 Å². The molecule has 0 aromatic heterocycles. The zero-order valence-electron chi connectivity index (χ0n) is 17.9. The number of amides is 3. The van der Waals surface area contributed by atoms with Gasteiger partial charge >= 0.3 is 5.97 Å². The number of benzene rings is 2. The number of esters is 1. The number of nitro groups is 1. The minimum absolute atomic E-state index is 0.0339. The summed E-state index contributed by atoms with van der Waals surface area (Å²) in [7, 11) is 0. The summed E-state index contributed by atoms with van der Waals surface area (Å²) in [6.45, 7) is -0.649. The zero-order chi connectivity index (χ0) is 24.4. The van der Waals surface area contributed by atoms with Crippen LogP contribution in [0.5, 0.6) is 0 Å². The van der Waals surface area contributed by atoms with Crippen molar-refractivity contribution in [2.45, 2.75) is 38.1 Å². The second-order valence-corrected chi connectivity index (χ2v) is 8.49. The summed E-state index contributed by atoms with van der Waals surface area (Å²) in [6, 6.07) is 7.50. The van der Waals surface area contributed by atoms with E-state index in [0.29, 0.717) is 0 Å². The van der Waals surface area contributed by atoms with Crippen LogP contribution >= 0.6 is 11.6 Å². The van der Waals surface area contributed by atoms with Gasteiger partial charge in [-0.25, -0.2) is 4.79 Å². The Hall–Kier alpha value is -3.79. The normalized spacial score (nSPS) is 15.7. The Morgan fingerprint density at radius 2 is 1.76 bits per heavy atom. The molecule has 34 heavy (non-hydrogen) atoms. The molecule has 10 nitrogen and oxygen atoms in total. The maximum absolute atomic E-state index is 12.9. The van der Waals surface area contributed by atoms with Crippen LogP contribution in [0.1, 0.15) is 63.2 Å². The van der Waals surface area contributed by atoms with Crippen molar-refractivity contribution in [3.05, 3.63) is 68.2 Å². The number of carbonyl (C=O) groups is 4. The summed E-state index contributed by atoms with van der Waals surface area (Å²) in [5.74, 6) is -2.33. The lowest BCUT2D eigenvalue weighted by atomic mass is 9.94. The number of nitrogens with one attached hydrogen (secondary N) is 1. The highest BCUT2D eigenvalue weighted by molar-refractivity contribution is 6.34. The molecule has 1 fully saturated rings. The van der Waals surface area contributed by atoms with Gasteiger partial charge in [0.1, 0.15) is 0 Å². The number of non-ortho nitro benzene ring substituents is 1. The highest BCUT2D eigenvalue weighted by Gasteiger charge is 2.40. The monoisotopic (exact) mass is 485 g/mol. The van der Waals surface area contributed by atoms with E-state index in [9.17, 15) is 29.3 Å². The summed E-state index contributed by atoms with van der Waals surface area (Å²) in [4.78, 5) is 61.6. The second kappa shape index (κ2) is 9.60. The third kappa shape index (κ3) is 4.62. The summed E-state index contributed by atoms with van der Waals surface area (Å²) in [5.41, 5.74) is 0.315. The van der Waals surface area contributed by atoms with E-state index in [1.165, 1.54) is 35.2 Å². The number of nitrogens with zero attached hydrogens (tertiary/aromatic N) is 2. The SMILES string of the molecule is O=C(COC(=O)c1ccc2c(c1)C(=O)N(C1CCCCC1)C2=O)Nc1ccc([N+](=O)[O-])cc1Cl. The molecule has 0 atom stereocenters. The fourth-order valence-corrected chi connectivity index (χ4v) is 4.40. The van der Waals surface area contributed by atoms with Crippen molar-refractivity contribution in [2.24, 2.45) is 0 Å². The van der Waals surface area contributed by atoms with Gasteiger partial charge in [-0.2, -0.15) is 0 Å². The van der Waals surface area contributed by atoms with Gasteiger partial charge in [0, 0.05) is 18.2 Å². The van der Waals surface area contributed by atoms with E-state index in [1.807, 2.05) is 0 Å². The van der Waals surface area contributed by atoms with E-state index in [2.05, 4.69) is 5.32 Å². The van der Waals surface area contributed by atoms with Crippen molar-refractivity contribution in [1.82, 2.24) is 4.90 Å². The Morgan fingerprint density at radius 3 is 2.44 bits per heavy atom. The van der Waals surface area contributed by atoms with Crippen molar-refractivity contribution < 1.29 is 28.8 Å². The van der Waals surface area contributed by atoms with E-state index in [4.69, 9.17) is 16.3 Å². The molecule has 1 saturated carbocycles. The molecular formula is C23H20ClN3O7. The third-order valence-electron chi connectivity index (χ3n) is 5.87. The molecule has 176 valence electrons. The lowest BCUT2D eigenvalue weighted by molar-refractivity contribution is -0.384. The molecular weight excluding hydrogens is 466 g/mol. The number of fused-ring (bicyclic) bond motifs is 1. The molecule has 0 radical (unpaired) electrons. The molecule has 11 heteroatoms. The Labute approximate surface area is 199 Å². The molecule has 1 heterocycles. The molecule has 2 aromatic carbocycles. The molecule has 1 aliphatic carbocycles. The molecule has 3 amide bonds. The van der Waals surface area contributed by atoms with E-state index in [1.54, 1.807) is 0 Å². The van der Waals surface area contributed by atoms with Crippen molar-refractivity contribution in [1.29, 1.82) is 0 Å². The number of carbonyl (C=O) groups excluding carboxylic acids is 4. The number of hydrogen-bond acceptors (Lipinski definition) is 7. The number of rotatable bonds is 6. The lowest BCUT2D eigenvalue weighted by Gasteiger charge is -2.29. The van der Waals surface area contributed by atoms with Crippen LogP contribution in [0.4, 0.5) is 11.4 Å². The molecule has 0 bridgehead atoms. The maximum Gasteiger partial charge on any atom is 0.338 e. The Bertz CT molecular complexity index is 1210. The van der Waals surface area contributed by atoms with Gasteiger partial charge in [0.05, 0.1) is 32.3 Å². The van der Waals surface area contributed by atoms with Gasteiger partial charge in [-0.3, -0.25) is 29.4 Å². The number of hydrogen-bond donors (Lipinski definition) is 1. The van der Waals surface area contributed by atoms with Crippen LogP contribution in [-0.4, -0.2) is 46.2 Å². The molecule has 2 aliphatic rings. The molecule has 0 unspecified atom stereocenters. The van der Waals surface area contributed by atoms with Gasteiger partial charge < -0.3 is 10.1 Å². The first-order valence-corrected chi connectivity index (χ1v) is 11.1. The van der Waals surface area contributed by atoms with E-state index in [-0.39, 0.29) is 45.0 Å². The van der Waals surface area contributed by atoms with Crippen LogP contribution in [-0.2, 0) is 9.53 Å². The Morgan fingerprint density at radius 1 is 1.06 bits per heavy atom. The predicted molar refractivity (Wildman–Crippen MR) is 121 cm³/mol. The number of nitro benzene ring substituents is 1. The predicted octanol–water partition coefficient (Wildman–Crippen LogP) is 3.97. The summed E-state index contributed by atoms with van der Waals surface area (Å²) in [6.07, 6.45) is 4.55. The Balaban J connectivity index is 1.39. The largest absolute Gasteiger partial charge is 0.452 e. The number of halogens is 1. The quantitative estimate of drug-likeness (QED) is 0.283. The van der Waals surface area contributed by atoms with Crippen LogP contribution in [0.15, 0.2) is 36.4 Å². The fraction of sp³-hybridized carbons (Fsp3) is 0.304. The van der Waals surface area contributed by atoms with E-state index in [0.717, 1.165) is 38.2 Å². The average molecular weight is 486 g/mol. The van der Waals surface area contributed by atoms with Gasteiger partial charge in [-0.05, 0) is 37.1 Å². The van der Waals surface area contributed by atoms with Gasteiger partial charge in [-0.1, -0.05) is 30.9 Å². The van der Waals surface area contributed by atoms with Crippen LogP contribution in [0.25, 0.3) is 0 Å². The van der Waals surface area contributed by atoms with Crippen LogP contribution < -0.4 is 5.32 Å². The maximum atomic E-state index is 12.9. The van der Waals surface area contributed by atoms with Gasteiger partial charge in [0.25, 0.3) is 23.4 Å². The first-order chi connectivity index (χ1) is 16.3. The number of ether oxygens (including phenoxy) is 1. The van der Waals surface area contributed by atoms with Crippen LogP contribution in [0.2, 0.25) is 5.02 Å². The average Bonchev–Trinajstić information content (AvgIpc) is 3.08. The highest BCUT2D eigenvalue weighted by atomic mass is 35.5. The van der Waals surface area contributed by atoms with E-state index < -0.39 is 29.3 Å². The molecule has 1 N–H and O–H groups in total. The first-order valence-electron chi connectivity index (χ1n) is 10.7. The molecule has 4 rings (SSSR count). The smallest absolute Gasteiger partial charge is 0.338 e. The van der Waals surface area contributed by atoms with Crippen LogP contribution in [0, 0.1) is 10.1 Å². The molecule has 2 aromatic rings. The summed E-state index contributed by atoms with van der Waals surface area (Å²) >= 11 is 5.93. The van der Waals surface area contributed by atoms with E-state index >= 15 is 0 Å². The standard InChI is InChI=1S/C23H20ClN3O7/c24-18-11-15(27(32)33)7-9-19(18)25-20(28)12-34-23(31)13-6-8-16-17(10-13)22(30)26(21(16)29)14-4-2-1-3-5-14/h6-11,14H,1-5,12H2,(H,25,28). The van der Waals surface area contributed by atoms with Gasteiger partial charge in [-0.15, -0.1) is 0 Å². The zero-order valence-corrected chi connectivity index (χ0v) is 18.7. The van der Waals surface area contributed by atoms with Crippen molar-refractivity contribution >= 4 is 46.7 Å². The first kappa shape index (κ1) is 23.4. The summed E-state index contributed by atoms with van der Waals surface area (Å²) in [5, 5.41) is 13.1. The minimum atomic E-state index is -0.843. The minimum Gasteiger partial charge on any atom is -0.452 e. The van der Waals surface area contributed by atoms with Crippen molar-refractivity contribution in [3.8, 4) is 0 Å². The van der Waals surface area contributed by atoms with Crippen LogP contribution in [0.3, 0.4) is 0 Å². The van der Waals surface area contributed by atoms with Gasteiger partial charge in [0.2, 0.25) is 0 Å². The van der Waals surface area contributed by atoms with Gasteiger partial charge in [0.15, 0.2) is 6.61 Å². The molecule has 1 aliphatic heterocycles. The fourth-order valence-electron chi connectivity index (χ4n) is 4.18.